The van der Waals surface area contributed by atoms with E-state index in [1.807, 2.05) is 30.3 Å². The first kappa shape index (κ1) is 14.3. The number of para-hydroxylation sites is 1. The van der Waals surface area contributed by atoms with Crippen molar-refractivity contribution in [2.24, 2.45) is 5.92 Å². The van der Waals surface area contributed by atoms with Gasteiger partial charge in [-0.25, -0.2) is 9.97 Å². The Bertz CT molecular complexity index is 561. The third-order valence-corrected chi connectivity index (χ3v) is 4.05. The molecule has 2 aromatic rings. The quantitative estimate of drug-likeness (QED) is 0.847. The molecule has 1 fully saturated rings. The van der Waals surface area contributed by atoms with Gasteiger partial charge in [-0.1, -0.05) is 18.2 Å². The van der Waals surface area contributed by atoms with E-state index in [0.717, 1.165) is 42.3 Å². The summed E-state index contributed by atoms with van der Waals surface area (Å²) in [4.78, 5) is 11.0. The van der Waals surface area contributed by atoms with Crippen LogP contribution in [0.15, 0.2) is 47.2 Å². The largest absolute Gasteiger partial charge is 0.493 e. The van der Waals surface area contributed by atoms with Crippen LogP contribution in [-0.2, 0) is 0 Å². The van der Waals surface area contributed by atoms with E-state index in [-0.39, 0.29) is 0 Å². The standard InChI is InChI=1S/C16H18BrN3O/c17-14-9-18-16(19-10-14)20-8-4-5-13(11-20)12-21-15-6-2-1-3-7-15/h1-3,6-7,9-10,13H,4-5,8,11-12H2. The van der Waals surface area contributed by atoms with E-state index in [1.54, 1.807) is 12.4 Å². The highest BCUT2D eigenvalue weighted by molar-refractivity contribution is 9.10. The van der Waals surface area contributed by atoms with Crippen molar-refractivity contribution < 1.29 is 4.74 Å². The van der Waals surface area contributed by atoms with Crippen molar-refractivity contribution >= 4 is 21.9 Å². The highest BCUT2D eigenvalue weighted by atomic mass is 79.9. The Morgan fingerprint density at radius 3 is 2.71 bits per heavy atom. The normalized spacial score (nSPS) is 18.5. The average molecular weight is 348 g/mol. The van der Waals surface area contributed by atoms with E-state index in [4.69, 9.17) is 4.74 Å². The van der Waals surface area contributed by atoms with Gasteiger partial charge in [-0.3, -0.25) is 0 Å². The van der Waals surface area contributed by atoms with Crippen LogP contribution in [0, 0.1) is 5.92 Å². The molecule has 0 radical (unpaired) electrons. The zero-order valence-corrected chi connectivity index (χ0v) is 13.4. The van der Waals surface area contributed by atoms with Gasteiger partial charge in [0.25, 0.3) is 0 Å². The molecular weight excluding hydrogens is 330 g/mol. The number of halogens is 1. The van der Waals surface area contributed by atoms with Gasteiger partial charge in [-0.2, -0.15) is 0 Å². The van der Waals surface area contributed by atoms with E-state index in [1.165, 1.54) is 6.42 Å². The fourth-order valence-corrected chi connectivity index (χ4v) is 2.79. The van der Waals surface area contributed by atoms with Crippen LogP contribution in [-0.4, -0.2) is 29.7 Å². The van der Waals surface area contributed by atoms with Gasteiger partial charge in [0, 0.05) is 31.4 Å². The highest BCUT2D eigenvalue weighted by Gasteiger charge is 2.22. The van der Waals surface area contributed by atoms with Crippen LogP contribution >= 0.6 is 15.9 Å². The van der Waals surface area contributed by atoms with Gasteiger partial charge < -0.3 is 9.64 Å². The number of aromatic nitrogens is 2. The minimum absolute atomic E-state index is 0.520. The molecule has 5 heteroatoms. The second-order valence-electron chi connectivity index (χ2n) is 5.28. The highest BCUT2D eigenvalue weighted by Crippen LogP contribution is 2.22. The van der Waals surface area contributed by atoms with Gasteiger partial charge in [0.15, 0.2) is 0 Å². The van der Waals surface area contributed by atoms with Crippen LogP contribution in [0.25, 0.3) is 0 Å². The number of piperidine rings is 1. The van der Waals surface area contributed by atoms with Crippen LogP contribution in [0.5, 0.6) is 5.75 Å². The van der Waals surface area contributed by atoms with Crippen LogP contribution in [0.4, 0.5) is 5.95 Å². The molecule has 0 spiro atoms. The summed E-state index contributed by atoms with van der Waals surface area (Å²) in [6.45, 7) is 2.72. The second kappa shape index (κ2) is 6.89. The molecule has 1 aliphatic heterocycles. The molecule has 3 rings (SSSR count). The van der Waals surface area contributed by atoms with Crippen LogP contribution in [0.2, 0.25) is 0 Å². The zero-order valence-electron chi connectivity index (χ0n) is 11.8. The number of hydrogen-bond donors (Lipinski definition) is 0. The summed E-state index contributed by atoms with van der Waals surface area (Å²) in [5, 5.41) is 0. The Morgan fingerprint density at radius 1 is 1.19 bits per heavy atom. The summed E-state index contributed by atoms with van der Waals surface area (Å²) in [5.41, 5.74) is 0. The Kier molecular flexibility index (Phi) is 4.70. The first-order valence-electron chi connectivity index (χ1n) is 7.21. The van der Waals surface area contributed by atoms with E-state index in [0.29, 0.717) is 5.92 Å². The first-order chi connectivity index (χ1) is 10.3. The lowest BCUT2D eigenvalue weighted by Crippen LogP contribution is -2.38. The number of hydrogen-bond acceptors (Lipinski definition) is 4. The molecule has 110 valence electrons. The third kappa shape index (κ3) is 3.94. The van der Waals surface area contributed by atoms with Gasteiger partial charge in [-0.05, 0) is 40.9 Å². The summed E-state index contributed by atoms with van der Waals surface area (Å²) in [5.74, 6) is 2.27. The Hall–Kier alpha value is -1.62. The fraction of sp³-hybridized carbons (Fsp3) is 0.375. The Labute approximate surface area is 133 Å². The van der Waals surface area contributed by atoms with Crippen molar-refractivity contribution in [1.29, 1.82) is 0 Å². The molecule has 2 heterocycles. The molecule has 0 saturated carbocycles. The fourth-order valence-electron chi connectivity index (χ4n) is 2.58. The molecule has 1 saturated heterocycles. The second-order valence-corrected chi connectivity index (χ2v) is 6.20. The molecule has 0 amide bonds. The maximum atomic E-state index is 5.87. The minimum Gasteiger partial charge on any atom is -0.493 e. The summed E-state index contributed by atoms with van der Waals surface area (Å²) in [6.07, 6.45) is 5.95. The number of rotatable bonds is 4. The average Bonchev–Trinajstić information content (AvgIpc) is 2.55. The molecule has 0 N–H and O–H groups in total. The maximum Gasteiger partial charge on any atom is 0.225 e. The van der Waals surface area contributed by atoms with Crippen LogP contribution in [0.3, 0.4) is 0 Å². The molecule has 1 aromatic heterocycles. The van der Waals surface area contributed by atoms with Crippen molar-refractivity contribution in [3.05, 3.63) is 47.2 Å². The Morgan fingerprint density at radius 2 is 1.95 bits per heavy atom. The van der Waals surface area contributed by atoms with Crippen LogP contribution in [0.1, 0.15) is 12.8 Å². The van der Waals surface area contributed by atoms with Crippen molar-refractivity contribution in [2.45, 2.75) is 12.8 Å². The molecule has 1 atom stereocenters. The number of benzene rings is 1. The molecule has 0 aliphatic carbocycles. The lowest BCUT2D eigenvalue weighted by Gasteiger charge is -2.32. The smallest absolute Gasteiger partial charge is 0.225 e. The predicted molar refractivity (Wildman–Crippen MR) is 86.6 cm³/mol. The van der Waals surface area contributed by atoms with Crippen LogP contribution < -0.4 is 9.64 Å². The van der Waals surface area contributed by atoms with E-state index < -0.39 is 0 Å². The van der Waals surface area contributed by atoms with E-state index >= 15 is 0 Å². The zero-order chi connectivity index (χ0) is 14.5. The molecule has 1 aliphatic rings. The molecule has 1 unspecified atom stereocenters. The van der Waals surface area contributed by atoms with Gasteiger partial charge in [0.2, 0.25) is 5.95 Å². The summed E-state index contributed by atoms with van der Waals surface area (Å²) in [7, 11) is 0. The van der Waals surface area contributed by atoms with Gasteiger partial charge in [-0.15, -0.1) is 0 Å². The lowest BCUT2D eigenvalue weighted by molar-refractivity contribution is 0.228. The van der Waals surface area contributed by atoms with E-state index in [2.05, 4.69) is 30.8 Å². The molecule has 21 heavy (non-hydrogen) atoms. The molecular formula is C16H18BrN3O. The van der Waals surface area contributed by atoms with Crippen molar-refractivity contribution in [3.63, 3.8) is 0 Å². The van der Waals surface area contributed by atoms with Crippen molar-refractivity contribution in [1.82, 2.24) is 9.97 Å². The SMILES string of the molecule is Brc1cnc(N2CCCC(COc3ccccc3)C2)nc1. The number of nitrogens with zero attached hydrogens (tertiary/aromatic N) is 3. The maximum absolute atomic E-state index is 5.87. The van der Waals surface area contributed by atoms with Gasteiger partial charge in [0.05, 0.1) is 11.1 Å². The minimum atomic E-state index is 0.520. The predicted octanol–water partition coefficient (Wildman–Crippen LogP) is 3.53. The van der Waals surface area contributed by atoms with Crippen molar-refractivity contribution in [2.75, 3.05) is 24.6 Å². The third-order valence-electron chi connectivity index (χ3n) is 3.64. The monoisotopic (exact) mass is 347 g/mol. The van der Waals surface area contributed by atoms with Gasteiger partial charge in [0.1, 0.15) is 5.75 Å². The summed E-state index contributed by atoms with van der Waals surface area (Å²) < 4.78 is 6.78. The van der Waals surface area contributed by atoms with E-state index in [9.17, 15) is 0 Å². The molecule has 4 nitrogen and oxygen atoms in total. The van der Waals surface area contributed by atoms with Crippen molar-refractivity contribution in [3.8, 4) is 5.75 Å². The Balaban J connectivity index is 1.57. The summed E-state index contributed by atoms with van der Waals surface area (Å²) in [6, 6.07) is 9.99. The summed E-state index contributed by atoms with van der Waals surface area (Å²) >= 11 is 3.37. The molecule has 1 aromatic carbocycles. The number of anilines is 1. The lowest BCUT2D eigenvalue weighted by atomic mass is 9.99. The number of ether oxygens (including phenoxy) is 1. The topological polar surface area (TPSA) is 38.2 Å². The van der Waals surface area contributed by atoms with Gasteiger partial charge >= 0.3 is 0 Å². The molecule has 0 bridgehead atoms. The first-order valence-corrected chi connectivity index (χ1v) is 8.01.